The van der Waals surface area contributed by atoms with Crippen molar-refractivity contribution >= 4 is 29.2 Å². The van der Waals surface area contributed by atoms with Gasteiger partial charge in [-0.2, -0.15) is 5.10 Å². The first-order chi connectivity index (χ1) is 19.3. The molecule has 9 nitrogen and oxygen atoms in total. The highest BCUT2D eigenvalue weighted by Crippen LogP contribution is 2.26. The summed E-state index contributed by atoms with van der Waals surface area (Å²) in [6.07, 6.45) is 5.01. The minimum Gasteiger partial charge on any atom is -0.345 e. The zero-order valence-corrected chi connectivity index (χ0v) is 22.5. The van der Waals surface area contributed by atoms with E-state index >= 15 is 0 Å². The predicted octanol–water partition coefficient (Wildman–Crippen LogP) is 2.98. The van der Waals surface area contributed by atoms with Crippen LogP contribution in [0.1, 0.15) is 53.6 Å². The van der Waals surface area contributed by atoms with E-state index in [2.05, 4.69) is 15.7 Å². The maximum Gasteiger partial charge on any atom is 0.289 e. The summed E-state index contributed by atoms with van der Waals surface area (Å²) >= 11 is 0. The van der Waals surface area contributed by atoms with Crippen molar-refractivity contribution in [1.82, 2.24) is 20.4 Å². The zero-order valence-electron chi connectivity index (χ0n) is 22.5. The third kappa shape index (κ3) is 7.81. The molecule has 3 atom stereocenters. The van der Waals surface area contributed by atoms with Gasteiger partial charge in [0, 0.05) is 44.5 Å². The molecule has 1 heterocycles. The summed E-state index contributed by atoms with van der Waals surface area (Å²) in [5.74, 6) is -3.56. The summed E-state index contributed by atoms with van der Waals surface area (Å²) < 4.78 is 1.51. The smallest absolute Gasteiger partial charge is 0.289 e. The molecule has 0 spiro atoms. The average molecular weight is 543 g/mol. The Kier molecular flexibility index (Phi) is 9.72. The number of carbonyl (C=O) groups excluding carboxylic acids is 5. The minimum absolute atomic E-state index is 0.0318. The van der Waals surface area contributed by atoms with Gasteiger partial charge in [-0.05, 0) is 36.8 Å². The lowest BCUT2D eigenvalue weighted by Crippen LogP contribution is -2.50. The van der Waals surface area contributed by atoms with E-state index < -0.39 is 35.5 Å². The lowest BCUT2D eigenvalue weighted by atomic mass is 9.90. The summed E-state index contributed by atoms with van der Waals surface area (Å²) in [4.78, 5) is 65.2. The fourth-order valence-electron chi connectivity index (χ4n) is 5.03. The molecule has 2 N–H and O–H groups in total. The highest BCUT2D eigenvalue weighted by Gasteiger charge is 2.35. The number of benzene rings is 2. The summed E-state index contributed by atoms with van der Waals surface area (Å²) in [7, 11) is 1.70. The summed E-state index contributed by atoms with van der Waals surface area (Å²) in [6, 6.07) is 17.3. The van der Waals surface area contributed by atoms with Crippen LogP contribution in [0.5, 0.6) is 0 Å². The quantitative estimate of drug-likeness (QED) is 0.253. The number of hydrogen-bond donors (Lipinski definition) is 2. The van der Waals surface area contributed by atoms with Crippen LogP contribution >= 0.6 is 0 Å². The van der Waals surface area contributed by atoms with Gasteiger partial charge in [0.25, 0.3) is 5.91 Å². The van der Waals surface area contributed by atoms with Gasteiger partial charge < -0.3 is 10.6 Å². The van der Waals surface area contributed by atoms with Crippen LogP contribution in [0.4, 0.5) is 0 Å². The van der Waals surface area contributed by atoms with Gasteiger partial charge in [0.2, 0.25) is 11.7 Å². The Morgan fingerprint density at radius 1 is 1.00 bits per heavy atom. The zero-order chi connectivity index (χ0) is 28.5. The molecule has 1 saturated carbocycles. The molecule has 3 aromatic rings. The Hall–Kier alpha value is -4.40. The minimum atomic E-state index is -1.18. The molecular formula is C31H34N4O5. The van der Waals surface area contributed by atoms with Crippen LogP contribution in [-0.2, 0) is 39.2 Å². The average Bonchev–Trinajstić information content (AvgIpc) is 3.59. The van der Waals surface area contributed by atoms with Crippen LogP contribution in [0, 0.1) is 11.8 Å². The first kappa shape index (κ1) is 28.6. The molecule has 40 heavy (non-hydrogen) atoms. The number of amides is 2. The fourth-order valence-corrected chi connectivity index (χ4v) is 5.03. The summed E-state index contributed by atoms with van der Waals surface area (Å²) in [5, 5.41) is 9.42. The number of aromatic nitrogens is 2. The van der Waals surface area contributed by atoms with Crippen LogP contribution < -0.4 is 10.6 Å². The SMILES string of the molecule is Cn1cc(C(=O)C[C@@H](Cc2ccccc2)C(=O)N[C@@H](C[C@@H]2CCCC2=O)C(=O)C(=O)NCc2ccccc2)cn1. The Labute approximate surface area is 233 Å². The summed E-state index contributed by atoms with van der Waals surface area (Å²) in [5.41, 5.74) is 2.07. The normalized spacial score (nSPS) is 16.2. The molecule has 1 aliphatic rings. The molecule has 9 heteroatoms. The second-order valence-corrected chi connectivity index (χ2v) is 10.3. The van der Waals surface area contributed by atoms with Gasteiger partial charge in [0.15, 0.2) is 5.78 Å². The van der Waals surface area contributed by atoms with E-state index in [1.807, 2.05) is 60.7 Å². The van der Waals surface area contributed by atoms with Gasteiger partial charge in [-0.15, -0.1) is 0 Å². The highest BCUT2D eigenvalue weighted by molar-refractivity contribution is 6.38. The molecule has 0 aliphatic heterocycles. The number of nitrogens with zero attached hydrogens (tertiary/aromatic N) is 2. The van der Waals surface area contributed by atoms with E-state index in [4.69, 9.17) is 0 Å². The molecular weight excluding hydrogens is 508 g/mol. The van der Waals surface area contributed by atoms with Crippen LogP contribution in [0.3, 0.4) is 0 Å². The van der Waals surface area contributed by atoms with Gasteiger partial charge in [0.05, 0.1) is 17.8 Å². The van der Waals surface area contributed by atoms with Crippen molar-refractivity contribution in [2.45, 2.75) is 51.1 Å². The monoisotopic (exact) mass is 542 g/mol. The third-order valence-corrected chi connectivity index (χ3v) is 7.26. The van der Waals surface area contributed by atoms with E-state index in [-0.39, 0.29) is 37.4 Å². The molecule has 2 aromatic carbocycles. The Bertz CT molecular complexity index is 1350. The molecule has 2 amide bonds. The first-order valence-electron chi connectivity index (χ1n) is 13.5. The van der Waals surface area contributed by atoms with Crippen molar-refractivity contribution in [3.8, 4) is 0 Å². The van der Waals surface area contributed by atoms with E-state index in [9.17, 15) is 24.0 Å². The van der Waals surface area contributed by atoms with Gasteiger partial charge in [0.1, 0.15) is 5.78 Å². The number of hydrogen-bond acceptors (Lipinski definition) is 6. The third-order valence-electron chi connectivity index (χ3n) is 7.26. The van der Waals surface area contributed by atoms with Crippen molar-refractivity contribution in [3.05, 3.63) is 89.7 Å². The number of carbonyl (C=O) groups is 5. The number of rotatable bonds is 13. The van der Waals surface area contributed by atoms with Crippen LogP contribution in [0.25, 0.3) is 0 Å². The maximum absolute atomic E-state index is 13.6. The lowest BCUT2D eigenvalue weighted by Gasteiger charge is -2.23. The number of Topliss-reactive ketones (excluding diaryl/α,β-unsaturated/α-hetero) is 3. The largest absolute Gasteiger partial charge is 0.345 e. The predicted molar refractivity (Wildman–Crippen MR) is 148 cm³/mol. The van der Waals surface area contributed by atoms with Crippen LogP contribution in [0.2, 0.25) is 0 Å². The van der Waals surface area contributed by atoms with Crippen LogP contribution in [0.15, 0.2) is 73.1 Å². The molecule has 1 aliphatic carbocycles. The Morgan fingerprint density at radius 2 is 1.68 bits per heavy atom. The van der Waals surface area contributed by atoms with Crippen molar-refractivity contribution in [2.75, 3.05) is 0 Å². The van der Waals surface area contributed by atoms with Gasteiger partial charge in [-0.3, -0.25) is 28.7 Å². The molecule has 4 rings (SSSR count). The Balaban J connectivity index is 1.51. The lowest BCUT2D eigenvalue weighted by molar-refractivity contribution is -0.141. The van der Waals surface area contributed by atoms with Gasteiger partial charge >= 0.3 is 0 Å². The van der Waals surface area contributed by atoms with E-state index in [1.54, 1.807) is 13.2 Å². The maximum atomic E-state index is 13.6. The molecule has 0 unspecified atom stereocenters. The second-order valence-electron chi connectivity index (χ2n) is 10.3. The first-order valence-corrected chi connectivity index (χ1v) is 13.5. The number of ketones is 3. The van der Waals surface area contributed by atoms with E-state index in [0.717, 1.165) is 17.5 Å². The van der Waals surface area contributed by atoms with Crippen molar-refractivity contribution in [1.29, 1.82) is 0 Å². The Morgan fingerprint density at radius 3 is 2.27 bits per heavy atom. The molecule has 0 bridgehead atoms. The van der Waals surface area contributed by atoms with E-state index in [1.165, 1.54) is 10.9 Å². The van der Waals surface area contributed by atoms with Gasteiger partial charge in [-0.25, -0.2) is 0 Å². The molecule has 1 fully saturated rings. The molecule has 0 radical (unpaired) electrons. The van der Waals surface area contributed by atoms with Crippen molar-refractivity contribution in [2.24, 2.45) is 18.9 Å². The van der Waals surface area contributed by atoms with Gasteiger partial charge in [-0.1, -0.05) is 60.7 Å². The van der Waals surface area contributed by atoms with Crippen molar-refractivity contribution in [3.63, 3.8) is 0 Å². The highest BCUT2D eigenvalue weighted by atomic mass is 16.2. The second kappa shape index (κ2) is 13.6. The molecule has 208 valence electrons. The van der Waals surface area contributed by atoms with Crippen molar-refractivity contribution < 1.29 is 24.0 Å². The number of aryl methyl sites for hydroxylation is 1. The number of nitrogens with one attached hydrogen (secondary N) is 2. The standard InChI is InChI=1S/C31H34N4O5/c1-35-20-25(19-33-35)28(37)17-24(15-21-9-4-2-5-10-21)30(39)34-26(16-23-13-8-14-27(23)36)29(38)31(40)32-18-22-11-6-3-7-12-22/h2-7,9-12,19-20,23-24,26H,8,13-18H2,1H3,(H,32,40)(H,34,39)/t23-,24+,26-/m0/s1. The molecule has 0 saturated heterocycles. The van der Waals surface area contributed by atoms with E-state index in [0.29, 0.717) is 18.4 Å². The molecule has 1 aromatic heterocycles. The topological polar surface area (TPSA) is 127 Å². The fraction of sp³-hybridized carbons (Fsp3) is 0.355. The van der Waals surface area contributed by atoms with Crippen LogP contribution in [-0.4, -0.2) is 45.0 Å². The summed E-state index contributed by atoms with van der Waals surface area (Å²) in [6.45, 7) is 0.157.